The van der Waals surface area contributed by atoms with E-state index in [0.717, 1.165) is 22.1 Å². The maximum Gasteiger partial charge on any atom is 0.435 e. The first-order valence-corrected chi connectivity index (χ1v) is 8.38. The van der Waals surface area contributed by atoms with Crippen molar-refractivity contribution in [3.63, 3.8) is 0 Å². The molecule has 0 saturated heterocycles. The van der Waals surface area contributed by atoms with Gasteiger partial charge in [-0.05, 0) is 30.3 Å². The first-order chi connectivity index (χ1) is 12.7. The number of hydrogen-bond donors (Lipinski definition) is 2. The standard InChI is InChI=1S/C16H12F3N5O2S/c17-16(18,19)12-5-6-24(23-12)11-3-1-9(2-4-11)14(26)22-15-21-10(8-27-15)7-13(20)25/h1-6,8H,7H2,(H2,20,25)(H,21,22,26). The molecular formula is C16H12F3N5O2S. The molecule has 2 heterocycles. The number of nitrogens with one attached hydrogen (secondary N) is 1. The Morgan fingerprint density at radius 3 is 2.48 bits per heavy atom. The molecule has 2 amide bonds. The number of thiazole rings is 1. The fraction of sp³-hybridized carbons (Fsp3) is 0.125. The summed E-state index contributed by atoms with van der Waals surface area (Å²) >= 11 is 1.15. The van der Waals surface area contributed by atoms with Crippen LogP contribution in [0.5, 0.6) is 0 Å². The zero-order chi connectivity index (χ0) is 19.6. The number of alkyl halides is 3. The number of halogens is 3. The van der Waals surface area contributed by atoms with E-state index in [-0.39, 0.29) is 12.0 Å². The fourth-order valence-corrected chi connectivity index (χ4v) is 2.88. The molecule has 27 heavy (non-hydrogen) atoms. The molecule has 3 N–H and O–H groups in total. The van der Waals surface area contributed by atoms with Gasteiger partial charge in [0.15, 0.2) is 10.8 Å². The molecule has 0 unspecified atom stereocenters. The van der Waals surface area contributed by atoms with Crippen LogP contribution in [0.2, 0.25) is 0 Å². The van der Waals surface area contributed by atoms with Crippen molar-refractivity contribution in [1.82, 2.24) is 14.8 Å². The highest BCUT2D eigenvalue weighted by atomic mass is 32.1. The molecule has 0 saturated carbocycles. The molecule has 0 radical (unpaired) electrons. The third-order valence-corrected chi connectivity index (χ3v) is 4.21. The van der Waals surface area contributed by atoms with E-state index in [1.165, 1.54) is 30.5 Å². The number of anilines is 1. The van der Waals surface area contributed by atoms with Crippen molar-refractivity contribution >= 4 is 28.3 Å². The van der Waals surface area contributed by atoms with Gasteiger partial charge in [-0.25, -0.2) is 9.67 Å². The Morgan fingerprint density at radius 2 is 1.89 bits per heavy atom. The van der Waals surface area contributed by atoms with Crippen LogP contribution in [-0.2, 0) is 17.4 Å². The van der Waals surface area contributed by atoms with Crippen molar-refractivity contribution in [2.45, 2.75) is 12.6 Å². The average molecular weight is 395 g/mol. The predicted octanol–water partition coefficient (Wildman–Crippen LogP) is 2.63. The van der Waals surface area contributed by atoms with Gasteiger partial charge < -0.3 is 5.73 Å². The summed E-state index contributed by atoms with van der Waals surface area (Å²) in [6.07, 6.45) is -3.36. The van der Waals surface area contributed by atoms with Crippen molar-refractivity contribution < 1.29 is 22.8 Å². The summed E-state index contributed by atoms with van der Waals surface area (Å²) in [6.45, 7) is 0. The number of rotatable bonds is 5. The van der Waals surface area contributed by atoms with E-state index in [0.29, 0.717) is 16.5 Å². The molecule has 0 fully saturated rings. The maximum absolute atomic E-state index is 12.6. The van der Waals surface area contributed by atoms with E-state index >= 15 is 0 Å². The predicted molar refractivity (Wildman–Crippen MR) is 91.5 cm³/mol. The zero-order valence-corrected chi connectivity index (χ0v) is 14.3. The summed E-state index contributed by atoms with van der Waals surface area (Å²) in [6, 6.07) is 6.73. The summed E-state index contributed by atoms with van der Waals surface area (Å²) in [5.74, 6) is -0.973. The molecule has 140 valence electrons. The quantitative estimate of drug-likeness (QED) is 0.693. The molecule has 0 atom stereocenters. The van der Waals surface area contributed by atoms with Crippen molar-refractivity contribution in [2.75, 3.05) is 5.32 Å². The number of carbonyl (C=O) groups is 2. The third-order valence-electron chi connectivity index (χ3n) is 3.40. The third kappa shape index (κ3) is 4.50. The SMILES string of the molecule is NC(=O)Cc1csc(NC(=O)c2ccc(-n3ccc(C(F)(F)F)n3)cc2)n1. The van der Waals surface area contributed by atoms with Gasteiger partial charge in [-0.15, -0.1) is 11.3 Å². The van der Waals surface area contributed by atoms with Crippen LogP contribution >= 0.6 is 11.3 Å². The van der Waals surface area contributed by atoms with E-state index in [1.807, 2.05) is 0 Å². The lowest BCUT2D eigenvalue weighted by Gasteiger charge is -2.05. The molecule has 2 aromatic heterocycles. The molecule has 0 spiro atoms. The summed E-state index contributed by atoms with van der Waals surface area (Å²) in [4.78, 5) is 27.2. The minimum atomic E-state index is -4.52. The minimum absolute atomic E-state index is 0.0230. The molecule has 0 aliphatic carbocycles. The number of hydrogen-bond acceptors (Lipinski definition) is 5. The van der Waals surface area contributed by atoms with Gasteiger partial charge in [-0.1, -0.05) is 0 Å². The van der Waals surface area contributed by atoms with Gasteiger partial charge in [-0.3, -0.25) is 14.9 Å². The maximum atomic E-state index is 12.6. The van der Waals surface area contributed by atoms with Gasteiger partial charge in [0, 0.05) is 17.1 Å². The molecule has 1 aromatic carbocycles. The van der Waals surface area contributed by atoms with Crippen LogP contribution in [0.1, 0.15) is 21.7 Å². The summed E-state index contributed by atoms with van der Waals surface area (Å²) in [5.41, 5.74) is 5.20. The molecule has 7 nitrogen and oxygen atoms in total. The molecule has 0 bridgehead atoms. The minimum Gasteiger partial charge on any atom is -0.369 e. The van der Waals surface area contributed by atoms with Gasteiger partial charge in [-0.2, -0.15) is 18.3 Å². The first-order valence-electron chi connectivity index (χ1n) is 7.50. The van der Waals surface area contributed by atoms with Crippen molar-refractivity contribution in [3.8, 4) is 5.69 Å². The van der Waals surface area contributed by atoms with Gasteiger partial charge in [0.25, 0.3) is 5.91 Å². The van der Waals surface area contributed by atoms with E-state index < -0.39 is 23.7 Å². The normalized spacial score (nSPS) is 11.4. The fourth-order valence-electron chi connectivity index (χ4n) is 2.18. The largest absolute Gasteiger partial charge is 0.435 e. The highest BCUT2D eigenvalue weighted by molar-refractivity contribution is 7.14. The monoisotopic (exact) mass is 395 g/mol. The molecule has 3 rings (SSSR count). The Kier molecular flexibility index (Phi) is 4.95. The molecule has 11 heteroatoms. The number of nitrogens with zero attached hydrogens (tertiary/aromatic N) is 3. The van der Waals surface area contributed by atoms with Crippen LogP contribution in [0.4, 0.5) is 18.3 Å². The Labute approximate surface area is 154 Å². The summed E-state index contributed by atoms with van der Waals surface area (Å²) in [7, 11) is 0. The second kappa shape index (κ2) is 7.19. The lowest BCUT2D eigenvalue weighted by atomic mass is 10.2. The van der Waals surface area contributed by atoms with Gasteiger partial charge >= 0.3 is 6.18 Å². The number of primary amides is 1. The van der Waals surface area contributed by atoms with Crippen molar-refractivity contribution in [2.24, 2.45) is 5.73 Å². The number of aromatic nitrogens is 3. The van der Waals surface area contributed by atoms with E-state index in [1.54, 1.807) is 5.38 Å². The van der Waals surface area contributed by atoms with Crippen LogP contribution in [0.15, 0.2) is 41.9 Å². The lowest BCUT2D eigenvalue weighted by Crippen LogP contribution is -2.14. The van der Waals surface area contributed by atoms with Gasteiger partial charge in [0.05, 0.1) is 17.8 Å². The van der Waals surface area contributed by atoms with Gasteiger partial charge in [0.2, 0.25) is 5.91 Å². The molecule has 0 aliphatic heterocycles. The summed E-state index contributed by atoms with van der Waals surface area (Å²) < 4.78 is 38.9. The highest BCUT2D eigenvalue weighted by Crippen LogP contribution is 2.28. The lowest BCUT2D eigenvalue weighted by molar-refractivity contribution is -0.141. The van der Waals surface area contributed by atoms with Crippen LogP contribution < -0.4 is 11.1 Å². The number of amides is 2. The smallest absolute Gasteiger partial charge is 0.369 e. The Balaban J connectivity index is 1.69. The van der Waals surface area contributed by atoms with Gasteiger partial charge in [0.1, 0.15) is 0 Å². The van der Waals surface area contributed by atoms with Crippen LogP contribution in [0.3, 0.4) is 0 Å². The molecular weight excluding hydrogens is 383 g/mol. The van der Waals surface area contributed by atoms with Crippen molar-refractivity contribution in [3.05, 3.63) is 58.9 Å². The van der Waals surface area contributed by atoms with E-state index in [4.69, 9.17) is 5.73 Å². The van der Waals surface area contributed by atoms with E-state index in [2.05, 4.69) is 15.4 Å². The van der Waals surface area contributed by atoms with Crippen LogP contribution in [-0.4, -0.2) is 26.6 Å². The highest BCUT2D eigenvalue weighted by Gasteiger charge is 2.33. The number of benzene rings is 1. The Bertz CT molecular complexity index is 979. The zero-order valence-electron chi connectivity index (χ0n) is 13.5. The number of carbonyl (C=O) groups excluding carboxylic acids is 2. The van der Waals surface area contributed by atoms with Crippen molar-refractivity contribution in [1.29, 1.82) is 0 Å². The average Bonchev–Trinajstić information content (AvgIpc) is 3.24. The number of nitrogens with two attached hydrogens (primary N) is 1. The second-order valence-electron chi connectivity index (χ2n) is 5.43. The second-order valence-corrected chi connectivity index (χ2v) is 6.29. The van der Waals surface area contributed by atoms with E-state index in [9.17, 15) is 22.8 Å². The molecule has 3 aromatic rings. The first kappa shape index (κ1) is 18.6. The summed E-state index contributed by atoms with van der Waals surface area (Å²) in [5, 5.41) is 7.96. The molecule has 0 aliphatic rings. The van der Waals surface area contributed by atoms with Crippen LogP contribution in [0.25, 0.3) is 5.69 Å². The van der Waals surface area contributed by atoms with Crippen LogP contribution in [0, 0.1) is 0 Å². The topological polar surface area (TPSA) is 103 Å². The Hall–Kier alpha value is -3.21. The Morgan fingerprint density at radius 1 is 1.19 bits per heavy atom.